The number of anilines is 1. The second-order valence-electron chi connectivity index (χ2n) is 6.97. The van der Waals surface area contributed by atoms with Crippen LogP contribution in [0.2, 0.25) is 0 Å². The summed E-state index contributed by atoms with van der Waals surface area (Å²) in [6.07, 6.45) is 4.85. The monoisotopic (exact) mass is 407 g/mol. The van der Waals surface area contributed by atoms with Crippen molar-refractivity contribution in [2.75, 3.05) is 5.32 Å². The number of Topliss-reactive ketones (excluding diaryl/α,β-unsaturated/α-hetero) is 1. The summed E-state index contributed by atoms with van der Waals surface area (Å²) in [5, 5.41) is 2.69. The SMILES string of the molecule is O=C(Nc1ccc(-c2ncco2)cc1)C(=O)c1c(-c2ccccc2)cc2ccccn12. The van der Waals surface area contributed by atoms with Crippen LogP contribution in [0.5, 0.6) is 0 Å². The van der Waals surface area contributed by atoms with Crippen molar-refractivity contribution in [3.8, 4) is 22.6 Å². The van der Waals surface area contributed by atoms with E-state index in [2.05, 4.69) is 10.3 Å². The molecule has 2 aromatic carbocycles. The first kappa shape index (κ1) is 18.6. The summed E-state index contributed by atoms with van der Waals surface area (Å²) >= 11 is 0. The van der Waals surface area contributed by atoms with Crippen molar-refractivity contribution in [1.82, 2.24) is 9.38 Å². The van der Waals surface area contributed by atoms with Gasteiger partial charge in [0.05, 0.1) is 6.20 Å². The molecule has 5 rings (SSSR count). The number of aromatic nitrogens is 2. The van der Waals surface area contributed by atoms with E-state index < -0.39 is 11.7 Å². The molecule has 0 atom stereocenters. The van der Waals surface area contributed by atoms with Gasteiger partial charge in [-0.25, -0.2) is 4.98 Å². The van der Waals surface area contributed by atoms with Crippen LogP contribution in [0.1, 0.15) is 10.5 Å². The summed E-state index contributed by atoms with van der Waals surface area (Å²) in [5.41, 5.74) is 4.04. The molecule has 0 aliphatic carbocycles. The number of nitrogens with one attached hydrogen (secondary N) is 1. The Morgan fingerprint density at radius 2 is 1.65 bits per heavy atom. The Labute approximate surface area is 177 Å². The van der Waals surface area contributed by atoms with Gasteiger partial charge in [0, 0.05) is 28.5 Å². The first-order valence-electron chi connectivity index (χ1n) is 9.72. The van der Waals surface area contributed by atoms with Crippen LogP contribution in [0.3, 0.4) is 0 Å². The molecule has 150 valence electrons. The lowest BCUT2D eigenvalue weighted by atomic mass is 10.0. The van der Waals surface area contributed by atoms with E-state index in [4.69, 9.17) is 4.42 Å². The normalized spacial score (nSPS) is 10.8. The van der Waals surface area contributed by atoms with Crippen molar-refractivity contribution in [3.05, 3.63) is 103 Å². The summed E-state index contributed by atoms with van der Waals surface area (Å²) in [4.78, 5) is 30.2. The zero-order chi connectivity index (χ0) is 21.2. The van der Waals surface area contributed by atoms with E-state index >= 15 is 0 Å². The number of fused-ring (bicyclic) bond motifs is 1. The molecule has 0 fully saturated rings. The van der Waals surface area contributed by atoms with Crippen LogP contribution in [-0.2, 0) is 4.79 Å². The fourth-order valence-electron chi connectivity index (χ4n) is 3.55. The molecule has 6 heteroatoms. The number of rotatable bonds is 5. The van der Waals surface area contributed by atoms with E-state index in [1.165, 1.54) is 6.26 Å². The van der Waals surface area contributed by atoms with E-state index in [1.807, 2.05) is 54.6 Å². The maximum absolute atomic E-state index is 13.2. The van der Waals surface area contributed by atoms with Crippen molar-refractivity contribution >= 4 is 22.9 Å². The Kier molecular flexibility index (Phi) is 4.65. The Hall–Kier alpha value is -4.45. The molecule has 5 aromatic rings. The van der Waals surface area contributed by atoms with Crippen molar-refractivity contribution in [3.63, 3.8) is 0 Å². The molecule has 0 bridgehead atoms. The number of oxazole rings is 1. The quantitative estimate of drug-likeness (QED) is 0.325. The number of hydrogen-bond donors (Lipinski definition) is 1. The standard InChI is InChI=1S/C25H17N3O3/c29-23(24(30)27-19-11-9-18(10-12-19)25-26-13-15-31-25)22-21(17-6-2-1-3-7-17)16-20-8-4-5-14-28(20)22/h1-16H,(H,27,30). The molecule has 0 saturated carbocycles. The van der Waals surface area contributed by atoms with Gasteiger partial charge in [-0.2, -0.15) is 0 Å². The van der Waals surface area contributed by atoms with Crippen LogP contribution in [0, 0.1) is 0 Å². The molecule has 0 saturated heterocycles. The minimum absolute atomic E-state index is 0.329. The number of benzene rings is 2. The molecule has 1 N–H and O–H groups in total. The van der Waals surface area contributed by atoms with Gasteiger partial charge >= 0.3 is 0 Å². The fraction of sp³-hybridized carbons (Fsp3) is 0. The van der Waals surface area contributed by atoms with Gasteiger partial charge in [-0.3, -0.25) is 9.59 Å². The highest BCUT2D eigenvalue weighted by atomic mass is 16.3. The number of nitrogens with zero attached hydrogens (tertiary/aromatic N) is 2. The fourth-order valence-corrected chi connectivity index (χ4v) is 3.55. The van der Waals surface area contributed by atoms with E-state index in [0.29, 0.717) is 22.8 Å². The summed E-state index contributed by atoms with van der Waals surface area (Å²) in [6, 6.07) is 24.1. The highest BCUT2D eigenvalue weighted by Crippen LogP contribution is 2.28. The van der Waals surface area contributed by atoms with Crippen molar-refractivity contribution in [1.29, 1.82) is 0 Å². The molecule has 6 nitrogen and oxygen atoms in total. The molecule has 1 amide bonds. The third-order valence-electron chi connectivity index (χ3n) is 5.01. The lowest BCUT2D eigenvalue weighted by Crippen LogP contribution is -2.24. The highest BCUT2D eigenvalue weighted by Gasteiger charge is 2.24. The van der Waals surface area contributed by atoms with Gasteiger partial charge in [-0.15, -0.1) is 0 Å². The van der Waals surface area contributed by atoms with Gasteiger partial charge in [-0.05, 0) is 48.0 Å². The van der Waals surface area contributed by atoms with Gasteiger partial charge in [0.25, 0.3) is 11.7 Å². The van der Waals surface area contributed by atoms with Gasteiger partial charge in [0.1, 0.15) is 12.0 Å². The zero-order valence-electron chi connectivity index (χ0n) is 16.4. The predicted molar refractivity (Wildman–Crippen MR) is 118 cm³/mol. The molecule has 3 aromatic heterocycles. The minimum Gasteiger partial charge on any atom is -0.445 e. The second kappa shape index (κ2) is 7.76. The Morgan fingerprint density at radius 1 is 0.871 bits per heavy atom. The average Bonchev–Trinajstić information content (AvgIpc) is 3.48. The molecule has 0 unspecified atom stereocenters. The van der Waals surface area contributed by atoms with Crippen LogP contribution in [0.15, 0.2) is 102 Å². The highest BCUT2D eigenvalue weighted by molar-refractivity contribution is 6.47. The van der Waals surface area contributed by atoms with E-state index in [9.17, 15) is 9.59 Å². The van der Waals surface area contributed by atoms with Crippen LogP contribution < -0.4 is 5.32 Å². The summed E-state index contributed by atoms with van der Waals surface area (Å²) < 4.78 is 7.01. The van der Waals surface area contributed by atoms with Gasteiger partial charge in [0.15, 0.2) is 0 Å². The predicted octanol–water partition coefficient (Wildman–Crippen LogP) is 5.08. The number of pyridine rings is 1. The maximum Gasteiger partial charge on any atom is 0.298 e. The summed E-state index contributed by atoms with van der Waals surface area (Å²) in [7, 11) is 0. The molecular formula is C25H17N3O3. The van der Waals surface area contributed by atoms with Crippen molar-refractivity contribution < 1.29 is 14.0 Å². The first-order chi connectivity index (χ1) is 15.2. The molecular weight excluding hydrogens is 390 g/mol. The lowest BCUT2D eigenvalue weighted by molar-refractivity contribution is -0.112. The van der Waals surface area contributed by atoms with Gasteiger partial charge in [0.2, 0.25) is 5.89 Å². The summed E-state index contributed by atoms with van der Waals surface area (Å²) in [5.74, 6) is -0.826. The number of ketones is 1. The molecule has 3 heterocycles. The molecule has 0 aliphatic rings. The summed E-state index contributed by atoms with van der Waals surface area (Å²) in [6.45, 7) is 0. The van der Waals surface area contributed by atoms with Gasteiger partial charge < -0.3 is 14.1 Å². The maximum atomic E-state index is 13.2. The molecule has 0 aliphatic heterocycles. The average molecular weight is 407 g/mol. The van der Waals surface area contributed by atoms with Crippen LogP contribution in [-0.4, -0.2) is 21.1 Å². The Balaban J connectivity index is 1.46. The third-order valence-corrected chi connectivity index (χ3v) is 5.01. The lowest BCUT2D eigenvalue weighted by Gasteiger charge is -2.08. The number of carbonyl (C=O) groups is 2. The van der Waals surface area contributed by atoms with Crippen LogP contribution >= 0.6 is 0 Å². The van der Waals surface area contributed by atoms with Crippen LogP contribution in [0.25, 0.3) is 28.1 Å². The number of carbonyl (C=O) groups excluding carboxylic acids is 2. The molecule has 31 heavy (non-hydrogen) atoms. The van der Waals surface area contributed by atoms with Gasteiger partial charge in [-0.1, -0.05) is 36.4 Å². The Bertz CT molecular complexity index is 1370. The van der Waals surface area contributed by atoms with E-state index in [0.717, 1.165) is 16.6 Å². The smallest absolute Gasteiger partial charge is 0.298 e. The zero-order valence-corrected chi connectivity index (χ0v) is 16.4. The minimum atomic E-state index is -0.704. The molecule has 0 radical (unpaired) electrons. The number of amides is 1. The van der Waals surface area contributed by atoms with Crippen LogP contribution in [0.4, 0.5) is 5.69 Å². The Morgan fingerprint density at radius 3 is 2.39 bits per heavy atom. The molecule has 0 spiro atoms. The van der Waals surface area contributed by atoms with Crippen molar-refractivity contribution in [2.45, 2.75) is 0 Å². The van der Waals surface area contributed by atoms with E-state index in [-0.39, 0.29) is 0 Å². The topological polar surface area (TPSA) is 76.6 Å². The second-order valence-corrected chi connectivity index (χ2v) is 6.97. The van der Waals surface area contributed by atoms with Crippen molar-refractivity contribution in [2.24, 2.45) is 0 Å². The number of hydrogen-bond acceptors (Lipinski definition) is 4. The third kappa shape index (κ3) is 3.51. The first-order valence-corrected chi connectivity index (χ1v) is 9.72. The largest absolute Gasteiger partial charge is 0.445 e. The van der Waals surface area contributed by atoms with E-state index in [1.54, 1.807) is 41.1 Å².